The van der Waals surface area contributed by atoms with Crippen LogP contribution >= 0.6 is 23.4 Å². The van der Waals surface area contributed by atoms with Crippen molar-refractivity contribution in [2.75, 3.05) is 16.4 Å². The van der Waals surface area contributed by atoms with E-state index in [-0.39, 0.29) is 22.9 Å². The topological polar surface area (TPSA) is 125 Å². The van der Waals surface area contributed by atoms with Crippen molar-refractivity contribution in [1.82, 2.24) is 5.32 Å². The van der Waals surface area contributed by atoms with Crippen LogP contribution in [0.3, 0.4) is 0 Å². The Labute approximate surface area is 245 Å². The molecule has 0 aromatic heterocycles. The maximum atomic E-state index is 13.2. The first-order valence-electron chi connectivity index (χ1n) is 12.3. The van der Waals surface area contributed by atoms with Crippen LogP contribution in [0.4, 0.5) is 11.4 Å². The molecule has 4 aromatic carbocycles. The average molecular weight is 586 g/mol. The fourth-order valence-electron chi connectivity index (χ4n) is 3.58. The second kappa shape index (κ2) is 14.0. The summed E-state index contributed by atoms with van der Waals surface area (Å²) in [7, 11) is 0. The number of anilines is 2. The van der Waals surface area contributed by atoms with Crippen molar-refractivity contribution in [1.29, 1.82) is 0 Å². The van der Waals surface area contributed by atoms with E-state index in [0.717, 1.165) is 4.90 Å². The zero-order valence-electron chi connectivity index (χ0n) is 21.5. The van der Waals surface area contributed by atoms with E-state index in [2.05, 4.69) is 16.0 Å². The number of thioether (sulfide) groups is 1. The number of carboxylic acids is 1. The van der Waals surface area contributed by atoms with E-state index >= 15 is 0 Å². The Morgan fingerprint density at radius 2 is 1.44 bits per heavy atom. The predicted molar refractivity (Wildman–Crippen MR) is 161 cm³/mol. The van der Waals surface area contributed by atoms with Crippen molar-refractivity contribution >= 4 is 64.5 Å². The van der Waals surface area contributed by atoms with Gasteiger partial charge in [0.05, 0.1) is 11.3 Å². The fraction of sp³-hybridized carbons (Fsp3) is 0.0323. The molecule has 0 aliphatic heterocycles. The van der Waals surface area contributed by atoms with E-state index in [1.807, 2.05) is 0 Å². The second-order valence-corrected chi connectivity index (χ2v) is 10.1. The van der Waals surface area contributed by atoms with Crippen molar-refractivity contribution in [3.8, 4) is 0 Å². The van der Waals surface area contributed by atoms with Crippen LogP contribution < -0.4 is 16.0 Å². The van der Waals surface area contributed by atoms with Crippen LogP contribution in [0, 0.1) is 0 Å². The molecule has 41 heavy (non-hydrogen) atoms. The summed E-state index contributed by atoms with van der Waals surface area (Å²) in [5, 5.41) is 17.8. The molecule has 0 saturated heterocycles. The number of rotatable bonds is 10. The molecular formula is C31H24ClN3O5S. The molecule has 3 amide bonds. The molecule has 0 fully saturated rings. The van der Waals surface area contributed by atoms with Gasteiger partial charge in [0, 0.05) is 26.9 Å². The molecule has 4 aromatic rings. The molecule has 206 valence electrons. The number of hydrogen-bond acceptors (Lipinski definition) is 5. The van der Waals surface area contributed by atoms with Gasteiger partial charge < -0.3 is 21.1 Å². The number of carbonyl (C=O) groups is 4. The van der Waals surface area contributed by atoms with Crippen LogP contribution in [0.15, 0.2) is 114 Å². The molecule has 0 atom stereocenters. The zero-order valence-corrected chi connectivity index (χ0v) is 23.0. The molecule has 0 radical (unpaired) electrons. The van der Waals surface area contributed by atoms with Crippen molar-refractivity contribution < 1.29 is 24.3 Å². The number of benzene rings is 4. The van der Waals surface area contributed by atoms with Crippen LogP contribution in [0.1, 0.15) is 26.3 Å². The van der Waals surface area contributed by atoms with Gasteiger partial charge in [0.25, 0.3) is 11.8 Å². The monoisotopic (exact) mass is 585 g/mol. The first kappa shape index (κ1) is 29.1. The van der Waals surface area contributed by atoms with Gasteiger partial charge in [-0.2, -0.15) is 0 Å². The number of amides is 3. The van der Waals surface area contributed by atoms with Gasteiger partial charge in [-0.05, 0) is 78.4 Å². The van der Waals surface area contributed by atoms with Crippen molar-refractivity contribution in [3.05, 3.63) is 131 Å². The van der Waals surface area contributed by atoms with Crippen LogP contribution in [0.2, 0.25) is 5.02 Å². The van der Waals surface area contributed by atoms with E-state index in [4.69, 9.17) is 16.7 Å². The summed E-state index contributed by atoms with van der Waals surface area (Å²) in [6, 6.07) is 28.3. The molecule has 8 nitrogen and oxygen atoms in total. The standard InChI is InChI=1S/C31H24ClN3O5S/c32-23-11-9-20(10-12-23)17-27(35-29(37)21-5-2-1-3-6-21)30(38)34-24-13-15-26(16-14-24)41-19-28(36)33-25-8-4-7-22(18-25)31(39)40/h1-18H,19H2,(H,33,36)(H,34,38)(H,35,37)(H,39,40)/b27-17-. The lowest BCUT2D eigenvalue weighted by molar-refractivity contribution is -0.114. The third-order valence-corrected chi connectivity index (χ3v) is 6.85. The van der Waals surface area contributed by atoms with Crippen LogP contribution in [0.5, 0.6) is 0 Å². The lowest BCUT2D eigenvalue weighted by Gasteiger charge is -2.12. The Hall–Kier alpha value is -4.86. The Kier molecular flexibility index (Phi) is 9.93. The van der Waals surface area contributed by atoms with Gasteiger partial charge in [-0.15, -0.1) is 11.8 Å². The Balaban J connectivity index is 1.39. The normalized spacial score (nSPS) is 10.9. The summed E-state index contributed by atoms with van der Waals surface area (Å²) < 4.78 is 0. The highest BCUT2D eigenvalue weighted by molar-refractivity contribution is 8.00. The maximum absolute atomic E-state index is 13.2. The first-order valence-corrected chi connectivity index (χ1v) is 13.6. The highest BCUT2D eigenvalue weighted by Gasteiger charge is 2.15. The quantitative estimate of drug-likeness (QED) is 0.130. The van der Waals surface area contributed by atoms with Crippen LogP contribution in [-0.4, -0.2) is 34.6 Å². The Bertz CT molecular complexity index is 1590. The highest BCUT2D eigenvalue weighted by Crippen LogP contribution is 2.22. The molecule has 0 aliphatic carbocycles. The molecule has 0 spiro atoms. The first-order chi connectivity index (χ1) is 19.8. The maximum Gasteiger partial charge on any atom is 0.335 e. The SMILES string of the molecule is O=C(CSc1ccc(NC(=O)/C(=C/c2ccc(Cl)cc2)NC(=O)c2ccccc2)cc1)Nc1cccc(C(=O)O)c1. The summed E-state index contributed by atoms with van der Waals surface area (Å²) in [5.41, 5.74) is 2.10. The van der Waals surface area contributed by atoms with Gasteiger partial charge >= 0.3 is 5.97 Å². The number of nitrogens with one attached hydrogen (secondary N) is 3. The minimum Gasteiger partial charge on any atom is -0.478 e. The molecule has 0 unspecified atom stereocenters. The third kappa shape index (κ3) is 8.82. The van der Waals surface area contributed by atoms with Gasteiger partial charge in [-0.3, -0.25) is 14.4 Å². The minimum absolute atomic E-state index is 0.0447. The van der Waals surface area contributed by atoms with Gasteiger partial charge in [0.1, 0.15) is 5.70 Å². The Morgan fingerprint density at radius 1 is 0.756 bits per heavy atom. The average Bonchev–Trinajstić information content (AvgIpc) is 2.98. The summed E-state index contributed by atoms with van der Waals surface area (Å²) in [4.78, 5) is 50.2. The number of halogens is 1. The number of carboxylic acid groups (broad SMARTS) is 1. The molecule has 10 heteroatoms. The van der Waals surface area contributed by atoms with E-state index in [0.29, 0.717) is 27.5 Å². The molecule has 0 saturated carbocycles. The number of carbonyl (C=O) groups excluding carboxylic acids is 3. The largest absolute Gasteiger partial charge is 0.478 e. The summed E-state index contributed by atoms with van der Waals surface area (Å²) in [6.07, 6.45) is 1.56. The molecule has 0 heterocycles. The highest BCUT2D eigenvalue weighted by atomic mass is 35.5. The smallest absolute Gasteiger partial charge is 0.335 e. The summed E-state index contributed by atoms with van der Waals surface area (Å²) >= 11 is 7.26. The lowest BCUT2D eigenvalue weighted by Crippen LogP contribution is -2.30. The lowest BCUT2D eigenvalue weighted by atomic mass is 10.1. The summed E-state index contributed by atoms with van der Waals surface area (Å²) in [5.74, 6) is -2.22. The molecule has 0 aliphatic rings. The predicted octanol–water partition coefficient (Wildman–Crippen LogP) is 6.18. The van der Waals surface area contributed by atoms with Crippen LogP contribution in [-0.2, 0) is 9.59 Å². The molecule has 4 rings (SSSR count). The van der Waals surface area contributed by atoms with Gasteiger partial charge in [-0.1, -0.05) is 48.0 Å². The fourth-order valence-corrected chi connectivity index (χ4v) is 4.40. The molecular weight excluding hydrogens is 562 g/mol. The van der Waals surface area contributed by atoms with Gasteiger partial charge in [0.15, 0.2) is 0 Å². The van der Waals surface area contributed by atoms with Crippen LogP contribution in [0.25, 0.3) is 6.08 Å². The molecule has 0 bridgehead atoms. The van der Waals surface area contributed by atoms with E-state index in [1.54, 1.807) is 97.1 Å². The van der Waals surface area contributed by atoms with Gasteiger partial charge in [-0.25, -0.2) is 4.79 Å². The van der Waals surface area contributed by atoms with E-state index < -0.39 is 17.8 Å². The second-order valence-electron chi connectivity index (χ2n) is 8.63. The molecule has 4 N–H and O–H groups in total. The minimum atomic E-state index is -1.08. The van der Waals surface area contributed by atoms with E-state index in [1.165, 1.54) is 23.9 Å². The number of hydrogen-bond donors (Lipinski definition) is 4. The zero-order chi connectivity index (χ0) is 29.2. The third-order valence-electron chi connectivity index (χ3n) is 5.59. The van der Waals surface area contributed by atoms with Crippen molar-refractivity contribution in [2.45, 2.75) is 4.90 Å². The number of aromatic carboxylic acids is 1. The van der Waals surface area contributed by atoms with E-state index in [9.17, 15) is 19.2 Å². The van der Waals surface area contributed by atoms with Gasteiger partial charge in [0.2, 0.25) is 5.91 Å². The van der Waals surface area contributed by atoms with Crippen molar-refractivity contribution in [3.63, 3.8) is 0 Å². The van der Waals surface area contributed by atoms with Crippen molar-refractivity contribution in [2.24, 2.45) is 0 Å². The Morgan fingerprint density at radius 3 is 2.12 bits per heavy atom. The summed E-state index contributed by atoms with van der Waals surface area (Å²) in [6.45, 7) is 0.